The van der Waals surface area contributed by atoms with Gasteiger partial charge in [0.15, 0.2) is 5.65 Å². The summed E-state index contributed by atoms with van der Waals surface area (Å²) in [5, 5.41) is 13.6. The number of hydrogen-bond acceptors (Lipinski definition) is 8. The zero-order valence-corrected chi connectivity index (χ0v) is 20.2. The summed E-state index contributed by atoms with van der Waals surface area (Å²) in [6, 6.07) is 5.23. The van der Waals surface area contributed by atoms with Crippen molar-refractivity contribution in [3.8, 4) is 0 Å². The molecule has 0 spiro atoms. The quantitative estimate of drug-likeness (QED) is 0.470. The first-order chi connectivity index (χ1) is 16.9. The summed E-state index contributed by atoms with van der Waals surface area (Å²) in [5.74, 6) is 0.787. The second-order valence-corrected chi connectivity index (χ2v) is 9.28. The Hall–Kier alpha value is -3.44. The molecule has 186 valence electrons. The highest BCUT2D eigenvalue weighted by Gasteiger charge is 2.44. The number of nitrogens with zero attached hydrogens (tertiary/aromatic N) is 4. The number of aromatic nitrogens is 4. The first-order valence-corrected chi connectivity index (χ1v) is 11.9. The van der Waals surface area contributed by atoms with Crippen LogP contribution in [0.25, 0.3) is 5.65 Å². The number of nitrogens with one attached hydrogen (secondary N) is 3. The summed E-state index contributed by atoms with van der Waals surface area (Å²) in [4.78, 5) is 30.9. The number of amides is 1. The summed E-state index contributed by atoms with van der Waals surface area (Å²) in [7, 11) is 3.42. The first kappa shape index (κ1) is 23.3. The number of anilines is 3. The second-order valence-electron chi connectivity index (χ2n) is 9.28. The predicted molar refractivity (Wildman–Crippen MR) is 132 cm³/mol. The van der Waals surface area contributed by atoms with Crippen LogP contribution in [0.5, 0.6) is 0 Å². The van der Waals surface area contributed by atoms with Crippen LogP contribution in [0.1, 0.15) is 49.0 Å². The van der Waals surface area contributed by atoms with Crippen molar-refractivity contribution in [3.05, 3.63) is 46.5 Å². The number of methoxy groups -OCH3 is 1. The number of pyridine rings is 1. The SMILES string of the molecule is CNc1cc(Nc2cccn(C3CCCOC3)c2=O)nc2c(C(=O)NC3CC[C@@]3(C)OC)cnn12. The van der Waals surface area contributed by atoms with Crippen LogP contribution in [-0.4, -0.2) is 64.1 Å². The first-order valence-electron chi connectivity index (χ1n) is 11.9. The minimum Gasteiger partial charge on any atom is -0.379 e. The molecule has 1 saturated carbocycles. The average molecular weight is 482 g/mol. The molecule has 3 aromatic heterocycles. The van der Waals surface area contributed by atoms with Gasteiger partial charge in [0, 0.05) is 33.0 Å². The lowest BCUT2D eigenvalue weighted by Gasteiger charge is -2.45. The molecule has 2 aliphatic rings. The third kappa shape index (κ3) is 4.25. The number of carbonyl (C=O) groups is 1. The van der Waals surface area contributed by atoms with E-state index < -0.39 is 0 Å². The molecule has 0 radical (unpaired) electrons. The Bertz CT molecular complexity index is 1290. The van der Waals surface area contributed by atoms with E-state index in [1.165, 1.54) is 6.20 Å². The maximum atomic E-state index is 13.2. The largest absolute Gasteiger partial charge is 0.379 e. The van der Waals surface area contributed by atoms with Crippen LogP contribution in [0.2, 0.25) is 0 Å². The predicted octanol–water partition coefficient (Wildman–Crippen LogP) is 2.33. The van der Waals surface area contributed by atoms with Gasteiger partial charge in [-0.25, -0.2) is 4.98 Å². The molecular weight excluding hydrogens is 450 g/mol. The van der Waals surface area contributed by atoms with E-state index in [1.54, 1.807) is 41.6 Å². The molecule has 11 heteroatoms. The van der Waals surface area contributed by atoms with Crippen molar-refractivity contribution >= 4 is 28.9 Å². The molecule has 35 heavy (non-hydrogen) atoms. The summed E-state index contributed by atoms with van der Waals surface area (Å²) < 4.78 is 14.4. The summed E-state index contributed by atoms with van der Waals surface area (Å²) in [6.07, 6.45) is 6.86. The van der Waals surface area contributed by atoms with Gasteiger partial charge in [0.05, 0.1) is 30.5 Å². The molecule has 3 atom stereocenters. The van der Waals surface area contributed by atoms with E-state index in [0.29, 0.717) is 35.1 Å². The summed E-state index contributed by atoms with van der Waals surface area (Å²) in [6.45, 7) is 3.24. The molecule has 4 heterocycles. The van der Waals surface area contributed by atoms with E-state index in [-0.39, 0.29) is 29.2 Å². The average Bonchev–Trinajstić information content (AvgIpc) is 3.31. The topological polar surface area (TPSA) is 124 Å². The zero-order chi connectivity index (χ0) is 24.6. The third-order valence-electron chi connectivity index (χ3n) is 7.18. The zero-order valence-electron chi connectivity index (χ0n) is 20.2. The number of fused-ring (bicyclic) bond motifs is 1. The van der Waals surface area contributed by atoms with E-state index >= 15 is 0 Å². The minimum absolute atomic E-state index is 0.00993. The van der Waals surface area contributed by atoms with E-state index in [4.69, 9.17) is 9.47 Å². The van der Waals surface area contributed by atoms with Gasteiger partial charge in [-0.3, -0.25) is 9.59 Å². The van der Waals surface area contributed by atoms with Gasteiger partial charge in [-0.15, -0.1) is 0 Å². The Morgan fingerprint density at radius 3 is 2.89 bits per heavy atom. The van der Waals surface area contributed by atoms with E-state index in [0.717, 1.165) is 32.3 Å². The van der Waals surface area contributed by atoms with Crippen molar-refractivity contribution in [3.63, 3.8) is 0 Å². The molecule has 3 aromatic rings. The molecule has 11 nitrogen and oxygen atoms in total. The highest BCUT2D eigenvalue weighted by molar-refractivity contribution is 6.00. The summed E-state index contributed by atoms with van der Waals surface area (Å²) >= 11 is 0. The van der Waals surface area contributed by atoms with Gasteiger partial charge in [-0.05, 0) is 44.7 Å². The van der Waals surface area contributed by atoms with Crippen LogP contribution < -0.4 is 21.5 Å². The maximum Gasteiger partial charge on any atom is 0.274 e. The molecule has 0 aromatic carbocycles. The highest BCUT2D eigenvalue weighted by Crippen LogP contribution is 2.35. The lowest BCUT2D eigenvalue weighted by molar-refractivity contribution is -0.0828. The van der Waals surface area contributed by atoms with Gasteiger partial charge in [-0.1, -0.05) is 0 Å². The van der Waals surface area contributed by atoms with Crippen LogP contribution in [0.15, 0.2) is 35.4 Å². The van der Waals surface area contributed by atoms with E-state index in [2.05, 4.69) is 26.0 Å². The minimum atomic E-state index is -0.370. The number of hydrogen-bond donors (Lipinski definition) is 3. The lowest BCUT2D eigenvalue weighted by atomic mass is 9.76. The fourth-order valence-electron chi connectivity index (χ4n) is 4.74. The normalized spacial score (nSPS) is 24.1. The Balaban J connectivity index is 1.45. The highest BCUT2D eigenvalue weighted by atomic mass is 16.5. The molecule has 2 unspecified atom stereocenters. The van der Waals surface area contributed by atoms with Crippen molar-refractivity contribution < 1.29 is 14.3 Å². The number of carbonyl (C=O) groups excluding carboxylic acids is 1. The molecule has 3 N–H and O–H groups in total. The van der Waals surface area contributed by atoms with Crippen LogP contribution in [0.3, 0.4) is 0 Å². The van der Waals surface area contributed by atoms with E-state index in [9.17, 15) is 9.59 Å². The number of rotatable bonds is 7. The van der Waals surface area contributed by atoms with Crippen molar-refractivity contribution in [2.45, 2.75) is 50.3 Å². The maximum absolute atomic E-state index is 13.2. The fraction of sp³-hybridized carbons (Fsp3) is 0.500. The lowest BCUT2D eigenvalue weighted by Crippen LogP contribution is -2.59. The molecular formula is C24H31N7O4. The van der Waals surface area contributed by atoms with Crippen LogP contribution >= 0.6 is 0 Å². The van der Waals surface area contributed by atoms with Crippen molar-refractivity contribution in [2.75, 3.05) is 38.0 Å². The standard InChI is InChI=1S/C24H31N7O4/c1-24(34-3)9-8-18(24)28-22(32)16-13-26-31-20(25-2)12-19(29-21(16)31)27-17-7-4-10-30(23(17)33)15-6-5-11-35-14-15/h4,7,10,12-13,15,18,25H,5-6,8-9,11,14H2,1-3H3,(H,27,29)(H,28,32)/t15?,18?,24-/m1/s1. The fourth-order valence-corrected chi connectivity index (χ4v) is 4.74. The Morgan fingerprint density at radius 2 is 2.20 bits per heavy atom. The van der Waals surface area contributed by atoms with Gasteiger partial charge >= 0.3 is 0 Å². The van der Waals surface area contributed by atoms with Crippen molar-refractivity contribution in [1.82, 2.24) is 24.5 Å². The third-order valence-corrected chi connectivity index (χ3v) is 7.18. The summed E-state index contributed by atoms with van der Waals surface area (Å²) in [5.41, 5.74) is 0.609. The van der Waals surface area contributed by atoms with Gasteiger partial charge < -0.3 is 30.0 Å². The van der Waals surface area contributed by atoms with Crippen LogP contribution in [-0.2, 0) is 9.47 Å². The molecule has 2 fully saturated rings. The Kier molecular flexibility index (Phi) is 6.20. The van der Waals surface area contributed by atoms with Gasteiger partial charge in [0.2, 0.25) is 0 Å². The van der Waals surface area contributed by atoms with E-state index in [1.807, 2.05) is 13.0 Å². The smallest absolute Gasteiger partial charge is 0.274 e. The number of ether oxygens (including phenoxy) is 2. The Labute approximate surface area is 202 Å². The molecule has 1 saturated heterocycles. The second kappa shape index (κ2) is 9.31. The molecule has 1 aliphatic heterocycles. The Morgan fingerprint density at radius 1 is 1.34 bits per heavy atom. The molecule has 1 aliphatic carbocycles. The van der Waals surface area contributed by atoms with Crippen molar-refractivity contribution in [2.24, 2.45) is 0 Å². The monoisotopic (exact) mass is 481 g/mol. The van der Waals surface area contributed by atoms with Crippen LogP contribution in [0.4, 0.5) is 17.3 Å². The molecule has 0 bridgehead atoms. The van der Waals surface area contributed by atoms with Gasteiger partial charge in [-0.2, -0.15) is 9.61 Å². The van der Waals surface area contributed by atoms with Gasteiger partial charge in [0.25, 0.3) is 11.5 Å². The van der Waals surface area contributed by atoms with Gasteiger partial charge in [0.1, 0.15) is 22.9 Å². The van der Waals surface area contributed by atoms with Crippen molar-refractivity contribution in [1.29, 1.82) is 0 Å². The molecule has 1 amide bonds. The molecule has 5 rings (SSSR count). The van der Waals surface area contributed by atoms with Crippen LogP contribution in [0, 0.1) is 0 Å².